The van der Waals surface area contributed by atoms with Crippen molar-refractivity contribution in [3.8, 4) is 0 Å². The Kier molecular flexibility index (Phi) is 2.78. The van der Waals surface area contributed by atoms with Gasteiger partial charge in [-0.1, -0.05) is 0 Å². The van der Waals surface area contributed by atoms with E-state index in [1.54, 1.807) is 0 Å². The molecule has 3 nitrogen and oxygen atoms in total. The summed E-state index contributed by atoms with van der Waals surface area (Å²) in [5.41, 5.74) is 5.26. The number of aliphatic hydroxyl groups is 1. The highest BCUT2D eigenvalue weighted by Crippen LogP contribution is 2.18. The van der Waals surface area contributed by atoms with Crippen molar-refractivity contribution in [3.05, 3.63) is 24.2 Å². The van der Waals surface area contributed by atoms with E-state index in [1.807, 2.05) is 0 Å². The van der Waals surface area contributed by atoms with E-state index in [9.17, 15) is 8.78 Å². The van der Waals surface area contributed by atoms with E-state index in [-0.39, 0.29) is 5.76 Å². The Morgan fingerprint density at radius 1 is 1.50 bits per heavy atom. The van der Waals surface area contributed by atoms with Gasteiger partial charge < -0.3 is 15.3 Å². The van der Waals surface area contributed by atoms with Gasteiger partial charge >= 0.3 is 0 Å². The van der Waals surface area contributed by atoms with E-state index in [4.69, 9.17) is 15.3 Å². The third-order valence-corrected chi connectivity index (χ3v) is 1.50. The maximum atomic E-state index is 11.9. The lowest BCUT2D eigenvalue weighted by atomic mass is 10.1. The molecule has 2 atom stereocenters. The normalized spacial score (nSPS) is 16.4. The molecule has 1 aromatic heterocycles. The molecule has 1 heterocycles. The third kappa shape index (κ3) is 1.80. The van der Waals surface area contributed by atoms with Gasteiger partial charge in [0.1, 0.15) is 11.9 Å². The van der Waals surface area contributed by atoms with Gasteiger partial charge in [-0.15, -0.1) is 0 Å². The Morgan fingerprint density at radius 2 is 2.17 bits per heavy atom. The molecule has 68 valence electrons. The van der Waals surface area contributed by atoms with Gasteiger partial charge in [0, 0.05) is 0 Å². The summed E-state index contributed by atoms with van der Waals surface area (Å²) in [5, 5.41) is 8.83. The monoisotopic (exact) mass is 177 g/mol. The van der Waals surface area contributed by atoms with Gasteiger partial charge in [0.05, 0.1) is 12.3 Å². The number of nitrogens with two attached hydrogens (primary N) is 1. The van der Waals surface area contributed by atoms with Crippen LogP contribution in [0.15, 0.2) is 22.8 Å². The Hall–Kier alpha value is -0.940. The molecule has 5 heteroatoms. The lowest BCUT2D eigenvalue weighted by molar-refractivity contribution is -0.0227. The maximum absolute atomic E-state index is 11.9. The molecule has 0 fully saturated rings. The van der Waals surface area contributed by atoms with Crippen molar-refractivity contribution in [2.75, 3.05) is 0 Å². The second kappa shape index (κ2) is 3.64. The van der Waals surface area contributed by atoms with Gasteiger partial charge in [-0.2, -0.15) is 0 Å². The smallest absolute Gasteiger partial charge is 0.266 e. The van der Waals surface area contributed by atoms with Gasteiger partial charge in [0.15, 0.2) is 0 Å². The molecule has 0 aliphatic carbocycles. The highest BCUT2D eigenvalue weighted by atomic mass is 19.3. The summed E-state index contributed by atoms with van der Waals surface area (Å²) in [6.45, 7) is 0. The van der Waals surface area contributed by atoms with Crippen molar-refractivity contribution in [2.24, 2.45) is 5.73 Å². The SMILES string of the molecule is N[C@H](c1ccco1)[C@@H](O)C(F)F. The third-order valence-electron chi connectivity index (χ3n) is 1.50. The van der Waals surface area contributed by atoms with Crippen molar-refractivity contribution >= 4 is 0 Å². The molecular weight excluding hydrogens is 168 g/mol. The van der Waals surface area contributed by atoms with E-state index in [1.165, 1.54) is 18.4 Å². The fourth-order valence-electron chi connectivity index (χ4n) is 0.806. The number of furan rings is 1. The largest absolute Gasteiger partial charge is 0.468 e. The number of hydrogen-bond acceptors (Lipinski definition) is 3. The van der Waals surface area contributed by atoms with Crippen LogP contribution in [0, 0.1) is 0 Å². The standard InChI is InChI=1S/C7H9F2NO2/c8-7(9)6(11)5(10)4-2-1-3-12-4/h1-3,5-7,11H,10H2/t5-,6-/m1/s1. The fourth-order valence-corrected chi connectivity index (χ4v) is 0.806. The first-order chi connectivity index (χ1) is 5.63. The number of hydrogen-bond donors (Lipinski definition) is 2. The van der Waals surface area contributed by atoms with Crippen LogP contribution in [0.25, 0.3) is 0 Å². The molecular formula is C7H9F2NO2. The molecule has 0 aliphatic heterocycles. The predicted molar refractivity (Wildman–Crippen MR) is 37.6 cm³/mol. The molecule has 0 aliphatic rings. The number of alkyl halides is 2. The van der Waals surface area contributed by atoms with Crippen LogP contribution in [0.1, 0.15) is 11.8 Å². The molecule has 1 aromatic rings. The van der Waals surface area contributed by atoms with Crippen molar-refractivity contribution in [3.63, 3.8) is 0 Å². The number of halogens is 2. The molecule has 3 N–H and O–H groups in total. The Balaban J connectivity index is 2.65. The molecule has 0 bridgehead atoms. The van der Waals surface area contributed by atoms with Crippen LogP contribution in [0.5, 0.6) is 0 Å². The minimum absolute atomic E-state index is 0.155. The first-order valence-electron chi connectivity index (χ1n) is 3.38. The van der Waals surface area contributed by atoms with Crippen LogP contribution in [-0.4, -0.2) is 17.6 Å². The second-order valence-electron chi connectivity index (χ2n) is 2.37. The molecule has 0 radical (unpaired) electrons. The summed E-state index contributed by atoms with van der Waals surface area (Å²) < 4.78 is 28.5. The number of rotatable bonds is 3. The van der Waals surface area contributed by atoms with E-state index in [2.05, 4.69) is 0 Å². The topological polar surface area (TPSA) is 59.4 Å². The van der Waals surface area contributed by atoms with Crippen molar-refractivity contribution < 1.29 is 18.3 Å². The number of aliphatic hydroxyl groups excluding tert-OH is 1. The maximum Gasteiger partial charge on any atom is 0.266 e. The first kappa shape index (κ1) is 9.15. The van der Waals surface area contributed by atoms with Gasteiger partial charge in [0.25, 0.3) is 6.43 Å². The Morgan fingerprint density at radius 3 is 2.58 bits per heavy atom. The van der Waals surface area contributed by atoms with Crippen molar-refractivity contribution in [2.45, 2.75) is 18.6 Å². The van der Waals surface area contributed by atoms with E-state index >= 15 is 0 Å². The predicted octanol–water partition coefficient (Wildman–Crippen LogP) is 0.905. The minimum Gasteiger partial charge on any atom is -0.468 e. The summed E-state index contributed by atoms with van der Waals surface area (Å²) in [5.74, 6) is 0.155. The van der Waals surface area contributed by atoms with Gasteiger partial charge in [-0.05, 0) is 12.1 Å². The molecule has 12 heavy (non-hydrogen) atoms. The Bertz CT molecular complexity index is 225. The minimum atomic E-state index is -2.86. The molecule has 0 amide bonds. The highest BCUT2D eigenvalue weighted by molar-refractivity contribution is 5.05. The van der Waals surface area contributed by atoms with Gasteiger partial charge in [0.2, 0.25) is 0 Å². The molecule has 0 spiro atoms. The Labute approximate surface area is 67.8 Å². The van der Waals surface area contributed by atoms with E-state index < -0.39 is 18.6 Å². The molecule has 0 unspecified atom stereocenters. The zero-order valence-electron chi connectivity index (χ0n) is 6.15. The van der Waals surface area contributed by atoms with Crippen molar-refractivity contribution in [1.29, 1.82) is 0 Å². The van der Waals surface area contributed by atoms with Crippen LogP contribution in [0.3, 0.4) is 0 Å². The first-order valence-corrected chi connectivity index (χ1v) is 3.38. The van der Waals surface area contributed by atoms with Gasteiger partial charge in [-0.3, -0.25) is 0 Å². The van der Waals surface area contributed by atoms with Crippen LogP contribution in [0.2, 0.25) is 0 Å². The summed E-state index contributed by atoms with van der Waals surface area (Å²) >= 11 is 0. The van der Waals surface area contributed by atoms with E-state index in [0.717, 1.165) is 0 Å². The summed E-state index contributed by atoms with van der Waals surface area (Å²) in [4.78, 5) is 0. The zero-order chi connectivity index (χ0) is 9.14. The van der Waals surface area contributed by atoms with Crippen LogP contribution in [-0.2, 0) is 0 Å². The highest BCUT2D eigenvalue weighted by Gasteiger charge is 2.27. The van der Waals surface area contributed by atoms with Gasteiger partial charge in [-0.25, -0.2) is 8.78 Å². The molecule has 1 rings (SSSR count). The molecule has 0 saturated heterocycles. The van der Waals surface area contributed by atoms with Crippen molar-refractivity contribution in [1.82, 2.24) is 0 Å². The lowest BCUT2D eigenvalue weighted by Gasteiger charge is -2.15. The second-order valence-corrected chi connectivity index (χ2v) is 2.37. The average molecular weight is 177 g/mol. The zero-order valence-corrected chi connectivity index (χ0v) is 6.15. The molecule has 0 saturated carbocycles. The average Bonchev–Trinajstić information content (AvgIpc) is 2.53. The molecule has 0 aromatic carbocycles. The van der Waals surface area contributed by atoms with Crippen LogP contribution in [0.4, 0.5) is 8.78 Å². The van der Waals surface area contributed by atoms with Crippen LogP contribution < -0.4 is 5.73 Å². The van der Waals surface area contributed by atoms with Crippen LogP contribution >= 0.6 is 0 Å². The fraction of sp³-hybridized carbons (Fsp3) is 0.429. The quantitative estimate of drug-likeness (QED) is 0.721. The van der Waals surface area contributed by atoms with E-state index in [0.29, 0.717) is 0 Å². The summed E-state index contributed by atoms with van der Waals surface area (Å²) in [6.07, 6.45) is -3.42. The summed E-state index contributed by atoms with van der Waals surface area (Å²) in [7, 11) is 0. The lowest BCUT2D eigenvalue weighted by Crippen LogP contribution is -2.31. The summed E-state index contributed by atoms with van der Waals surface area (Å²) in [6, 6.07) is 1.80.